The fourth-order valence-electron chi connectivity index (χ4n) is 2.05. The van der Waals surface area contributed by atoms with Gasteiger partial charge in [-0.1, -0.05) is 0 Å². The van der Waals surface area contributed by atoms with Gasteiger partial charge in [0.2, 0.25) is 0 Å². The Balaban J connectivity index is 1.93. The number of aromatic nitrogens is 1. The van der Waals surface area contributed by atoms with E-state index < -0.39 is 12.1 Å². The van der Waals surface area contributed by atoms with Crippen molar-refractivity contribution in [3.8, 4) is 0 Å². The molecule has 2 rings (SSSR count). The smallest absolute Gasteiger partial charge is 0.322 e. The molecule has 1 aliphatic heterocycles. The van der Waals surface area contributed by atoms with E-state index in [1.54, 1.807) is 17.3 Å². The van der Waals surface area contributed by atoms with Gasteiger partial charge >= 0.3 is 12.0 Å². The number of urea groups is 1. The van der Waals surface area contributed by atoms with Crippen molar-refractivity contribution in [2.45, 2.75) is 19.4 Å². The highest BCUT2D eigenvalue weighted by Gasteiger charge is 2.25. The van der Waals surface area contributed by atoms with Crippen molar-refractivity contribution in [1.29, 1.82) is 0 Å². The zero-order chi connectivity index (χ0) is 14.5. The number of carbonyl (C=O) groups is 2. The van der Waals surface area contributed by atoms with Crippen LogP contribution in [0.2, 0.25) is 0 Å². The molecule has 0 radical (unpaired) electrons. The molecule has 20 heavy (non-hydrogen) atoms. The summed E-state index contributed by atoms with van der Waals surface area (Å²) in [6.07, 6.45) is 2.71. The summed E-state index contributed by atoms with van der Waals surface area (Å²) in [4.78, 5) is 28.3. The first-order chi connectivity index (χ1) is 9.54. The number of nitrogens with one attached hydrogen (secondary N) is 1. The van der Waals surface area contributed by atoms with E-state index in [2.05, 4.69) is 10.3 Å². The van der Waals surface area contributed by atoms with Crippen LogP contribution in [0.25, 0.3) is 0 Å². The lowest BCUT2D eigenvalue weighted by atomic mass is 10.2. The van der Waals surface area contributed by atoms with Crippen LogP contribution >= 0.6 is 0 Å². The van der Waals surface area contributed by atoms with Crippen LogP contribution in [0.4, 0.5) is 10.5 Å². The molecule has 1 unspecified atom stereocenters. The zero-order valence-electron chi connectivity index (χ0n) is 11.2. The maximum atomic E-state index is 12.1. The highest BCUT2D eigenvalue weighted by molar-refractivity contribution is 5.89. The topological polar surface area (TPSA) is 91.8 Å². The van der Waals surface area contributed by atoms with Crippen LogP contribution < -0.4 is 5.32 Å². The minimum atomic E-state index is -0.930. The number of ether oxygens (including phenoxy) is 1. The normalized spacial score (nSPS) is 18.6. The molecule has 1 aromatic rings. The summed E-state index contributed by atoms with van der Waals surface area (Å²) in [7, 11) is 0. The summed E-state index contributed by atoms with van der Waals surface area (Å²) >= 11 is 0. The van der Waals surface area contributed by atoms with Crippen molar-refractivity contribution in [3.63, 3.8) is 0 Å². The summed E-state index contributed by atoms with van der Waals surface area (Å²) in [5.41, 5.74) is 1.57. The maximum absolute atomic E-state index is 12.1. The molecule has 1 saturated heterocycles. The molecule has 0 bridgehead atoms. The Kier molecular flexibility index (Phi) is 4.52. The van der Waals surface area contributed by atoms with E-state index in [0.29, 0.717) is 18.8 Å². The van der Waals surface area contributed by atoms with Gasteiger partial charge in [0.25, 0.3) is 0 Å². The van der Waals surface area contributed by atoms with Gasteiger partial charge in [-0.15, -0.1) is 0 Å². The number of aliphatic carboxylic acids is 1. The third-order valence-electron chi connectivity index (χ3n) is 2.95. The van der Waals surface area contributed by atoms with Crippen molar-refractivity contribution < 1.29 is 19.4 Å². The van der Waals surface area contributed by atoms with Crippen molar-refractivity contribution >= 4 is 17.7 Å². The molecule has 0 aliphatic carbocycles. The number of anilines is 1. The number of hydrogen-bond acceptors (Lipinski definition) is 4. The minimum absolute atomic E-state index is 0.101. The standard InChI is InChI=1S/C13H17N3O4/c1-9-4-10(7-14-6-9)15-13(19)16-2-3-20-11(8-16)5-12(17)18/h4,6-7,11H,2-3,5,8H2,1H3,(H,15,19)(H,17,18). The molecule has 7 heteroatoms. The predicted octanol–water partition coefficient (Wildman–Crippen LogP) is 1.10. The fourth-order valence-corrected chi connectivity index (χ4v) is 2.05. The van der Waals surface area contributed by atoms with Crippen molar-refractivity contribution in [2.75, 3.05) is 25.0 Å². The van der Waals surface area contributed by atoms with Gasteiger partial charge in [-0.25, -0.2) is 4.79 Å². The maximum Gasteiger partial charge on any atom is 0.322 e. The molecule has 2 heterocycles. The number of carbonyl (C=O) groups excluding carboxylic acids is 1. The number of aryl methyl sites for hydroxylation is 1. The molecule has 1 atom stereocenters. The second-order valence-corrected chi connectivity index (χ2v) is 4.72. The molecule has 2 amide bonds. The number of pyridine rings is 1. The first kappa shape index (κ1) is 14.3. The van der Waals surface area contributed by atoms with E-state index in [9.17, 15) is 9.59 Å². The number of carboxylic acids is 1. The highest BCUT2D eigenvalue weighted by atomic mass is 16.5. The monoisotopic (exact) mass is 279 g/mol. The Morgan fingerprint density at radius 3 is 3.05 bits per heavy atom. The summed E-state index contributed by atoms with van der Waals surface area (Å²) in [6.45, 7) is 2.95. The van der Waals surface area contributed by atoms with E-state index in [1.807, 2.05) is 13.0 Å². The average Bonchev–Trinajstić information content (AvgIpc) is 2.38. The first-order valence-corrected chi connectivity index (χ1v) is 6.35. The summed E-state index contributed by atoms with van der Waals surface area (Å²) in [5, 5.41) is 11.5. The van der Waals surface area contributed by atoms with E-state index in [-0.39, 0.29) is 19.0 Å². The van der Waals surface area contributed by atoms with Crippen LogP contribution in [-0.4, -0.2) is 52.8 Å². The molecule has 1 aromatic heterocycles. The molecule has 1 aliphatic rings. The number of carboxylic acid groups (broad SMARTS) is 1. The van der Waals surface area contributed by atoms with Gasteiger partial charge < -0.3 is 20.1 Å². The van der Waals surface area contributed by atoms with Gasteiger partial charge in [-0.3, -0.25) is 9.78 Å². The lowest BCUT2D eigenvalue weighted by molar-refractivity contribution is -0.141. The molecular weight excluding hydrogens is 262 g/mol. The van der Waals surface area contributed by atoms with Crippen LogP contribution in [-0.2, 0) is 9.53 Å². The highest BCUT2D eigenvalue weighted by Crippen LogP contribution is 2.12. The van der Waals surface area contributed by atoms with Crippen molar-refractivity contribution in [3.05, 3.63) is 24.0 Å². The third-order valence-corrected chi connectivity index (χ3v) is 2.95. The Morgan fingerprint density at radius 2 is 2.35 bits per heavy atom. The Hall–Kier alpha value is -2.15. The van der Waals surface area contributed by atoms with Gasteiger partial charge in [-0.05, 0) is 18.6 Å². The van der Waals surface area contributed by atoms with Crippen LogP contribution in [0.5, 0.6) is 0 Å². The van der Waals surface area contributed by atoms with Crippen LogP contribution in [0, 0.1) is 6.92 Å². The third kappa shape index (κ3) is 3.92. The number of amides is 2. The van der Waals surface area contributed by atoms with Gasteiger partial charge in [0.05, 0.1) is 31.0 Å². The lowest BCUT2D eigenvalue weighted by Gasteiger charge is -2.32. The number of rotatable bonds is 3. The number of morpholine rings is 1. The Morgan fingerprint density at radius 1 is 1.55 bits per heavy atom. The van der Waals surface area contributed by atoms with Gasteiger partial charge in [0, 0.05) is 19.3 Å². The molecule has 7 nitrogen and oxygen atoms in total. The fraction of sp³-hybridized carbons (Fsp3) is 0.462. The van der Waals surface area contributed by atoms with E-state index in [4.69, 9.17) is 9.84 Å². The van der Waals surface area contributed by atoms with Crippen molar-refractivity contribution in [1.82, 2.24) is 9.88 Å². The summed E-state index contributed by atoms with van der Waals surface area (Å²) in [5.74, 6) is -0.930. The quantitative estimate of drug-likeness (QED) is 0.864. The largest absolute Gasteiger partial charge is 0.481 e. The van der Waals surface area contributed by atoms with Gasteiger partial charge in [-0.2, -0.15) is 0 Å². The molecule has 2 N–H and O–H groups in total. The summed E-state index contributed by atoms with van der Waals surface area (Å²) < 4.78 is 5.32. The molecule has 1 fully saturated rings. The zero-order valence-corrected chi connectivity index (χ0v) is 11.2. The Labute approximate surface area is 116 Å². The predicted molar refractivity (Wildman–Crippen MR) is 71.6 cm³/mol. The van der Waals surface area contributed by atoms with Crippen LogP contribution in [0.1, 0.15) is 12.0 Å². The second kappa shape index (κ2) is 6.33. The molecule has 108 valence electrons. The summed E-state index contributed by atoms with van der Waals surface area (Å²) in [6, 6.07) is 1.55. The Bertz CT molecular complexity index is 506. The number of nitrogens with zero attached hydrogens (tertiary/aromatic N) is 2. The van der Waals surface area contributed by atoms with Gasteiger partial charge in [0.1, 0.15) is 0 Å². The molecule has 0 aromatic carbocycles. The second-order valence-electron chi connectivity index (χ2n) is 4.72. The van der Waals surface area contributed by atoms with E-state index in [1.165, 1.54) is 0 Å². The molecule has 0 spiro atoms. The lowest BCUT2D eigenvalue weighted by Crippen LogP contribution is -2.47. The number of hydrogen-bond donors (Lipinski definition) is 2. The van der Waals surface area contributed by atoms with E-state index >= 15 is 0 Å². The SMILES string of the molecule is Cc1cncc(NC(=O)N2CCOC(CC(=O)O)C2)c1. The van der Waals surface area contributed by atoms with Crippen LogP contribution in [0.3, 0.4) is 0 Å². The average molecular weight is 279 g/mol. The molecule has 0 saturated carbocycles. The molecular formula is C13H17N3O4. The van der Waals surface area contributed by atoms with E-state index in [0.717, 1.165) is 5.56 Å². The van der Waals surface area contributed by atoms with Gasteiger partial charge in [0.15, 0.2) is 0 Å². The van der Waals surface area contributed by atoms with Crippen molar-refractivity contribution in [2.24, 2.45) is 0 Å². The minimum Gasteiger partial charge on any atom is -0.481 e. The van der Waals surface area contributed by atoms with Crippen LogP contribution in [0.15, 0.2) is 18.5 Å². The first-order valence-electron chi connectivity index (χ1n) is 6.35.